The number of hydrogen-bond donors (Lipinski definition) is 0. The average Bonchev–Trinajstić information content (AvgIpc) is 2.18. The maximum absolute atomic E-state index is 4.14. The van der Waals surface area contributed by atoms with Crippen molar-refractivity contribution >= 4 is 18.9 Å². The molecule has 0 spiro atoms. The average molecular weight is 194 g/mol. The van der Waals surface area contributed by atoms with Crippen LogP contribution >= 0.6 is 0 Å². The minimum Gasteiger partial charge on any atom is -0.0911 e. The molecule has 0 aromatic heterocycles. The summed E-state index contributed by atoms with van der Waals surface area (Å²) in [5.74, 6) is 0. The summed E-state index contributed by atoms with van der Waals surface area (Å²) in [7, 11) is 2.12. The Morgan fingerprint density at radius 1 is 1.33 bits per heavy atom. The maximum Gasteiger partial charge on any atom is 0.139 e. The summed E-state index contributed by atoms with van der Waals surface area (Å²) < 4.78 is 0. The summed E-state index contributed by atoms with van der Waals surface area (Å²) in [6.07, 6.45) is 7.52. The quantitative estimate of drug-likeness (QED) is 0.554. The summed E-state index contributed by atoms with van der Waals surface area (Å²) in [6, 6.07) is 6.59. The summed E-state index contributed by atoms with van der Waals surface area (Å²) in [5.41, 5.74) is 6.34. The van der Waals surface area contributed by atoms with Gasteiger partial charge in [0.2, 0.25) is 0 Å². The summed E-state index contributed by atoms with van der Waals surface area (Å²) in [5, 5.41) is 0. The van der Waals surface area contributed by atoms with Gasteiger partial charge in [0.25, 0.3) is 0 Å². The molecule has 0 N–H and O–H groups in total. The first-order valence-electron chi connectivity index (χ1n) is 5.30. The molecule has 1 aliphatic rings. The Balaban J connectivity index is 2.56. The Labute approximate surface area is 92.4 Å². The Hall–Kier alpha value is -1.50. The van der Waals surface area contributed by atoms with Crippen molar-refractivity contribution in [1.29, 1.82) is 0 Å². The molecule has 0 atom stereocenters. The fourth-order valence-corrected chi connectivity index (χ4v) is 1.94. The van der Waals surface area contributed by atoms with Gasteiger partial charge in [-0.3, -0.25) is 0 Å². The van der Waals surface area contributed by atoms with Crippen molar-refractivity contribution in [2.24, 2.45) is 0 Å². The SMILES string of the molecule is Bc1ccc2c(c1)C(=C)/C=C(C)\C=C/C2. The Morgan fingerprint density at radius 2 is 2.13 bits per heavy atom. The van der Waals surface area contributed by atoms with Gasteiger partial charge in [0.1, 0.15) is 7.85 Å². The molecule has 0 aliphatic heterocycles. The highest BCUT2D eigenvalue weighted by Gasteiger charge is 2.05. The Morgan fingerprint density at radius 3 is 2.93 bits per heavy atom. The van der Waals surface area contributed by atoms with Gasteiger partial charge in [-0.05, 0) is 30.0 Å². The molecular weight excluding hydrogens is 179 g/mol. The summed E-state index contributed by atoms with van der Waals surface area (Å²) in [6.45, 7) is 6.25. The maximum atomic E-state index is 4.14. The molecule has 0 nitrogen and oxygen atoms in total. The van der Waals surface area contributed by atoms with Crippen LogP contribution in [0.25, 0.3) is 5.57 Å². The lowest BCUT2D eigenvalue weighted by Gasteiger charge is -2.12. The van der Waals surface area contributed by atoms with E-state index in [2.05, 4.69) is 57.8 Å². The fourth-order valence-electron chi connectivity index (χ4n) is 1.94. The largest absolute Gasteiger partial charge is 0.139 e. The highest BCUT2D eigenvalue weighted by Crippen LogP contribution is 2.22. The lowest BCUT2D eigenvalue weighted by Crippen LogP contribution is -2.05. The lowest BCUT2D eigenvalue weighted by atomic mass is 9.87. The summed E-state index contributed by atoms with van der Waals surface area (Å²) >= 11 is 0. The van der Waals surface area contributed by atoms with E-state index in [1.165, 1.54) is 22.2 Å². The normalized spacial score (nSPS) is 20.9. The van der Waals surface area contributed by atoms with Crippen LogP contribution in [-0.4, -0.2) is 7.85 Å². The zero-order valence-electron chi connectivity index (χ0n) is 9.38. The van der Waals surface area contributed by atoms with Crippen molar-refractivity contribution < 1.29 is 0 Å². The second kappa shape index (κ2) is 3.94. The molecule has 1 heteroatoms. The topological polar surface area (TPSA) is 0 Å². The smallest absolute Gasteiger partial charge is 0.0911 e. The first kappa shape index (κ1) is 10.0. The highest BCUT2D eigenvalue weighted by molar-refractivity contribution is 6.32. The van der Waals surface area contributed by atoms with E-state index in [1.54, 1.807) is 0 Å². The van der Waals surface area contributed by atoms with Crippen molar-refractivity contribution in [2.75, 3.05) is 0 Å². The minimum absolute atomic E-state index is 1.000. The van der Waals surface area contributed by atoms with Crippen molar-refractivity contribution in [3.8, 4) is 0 Å². The monoisotopic (exact) mass is 194 g/mol. The van der Waals surface area contributed by atoms with Gasteiger partial charge in [-0.25, -0.2) is 0 Å². The Bertz CT molecular complexity index is 464. The second-order valence-corrected chi connectivity index (χ2v) is 4.18. The van der Waals surface area contributed by atoms with Gasteiger partial charge in [-0.1, -0.05) is 54.0 Å². The fraction of sp³-hybridized carbons (Fsp3) is 0.143. The molecule has 0 radical (unpaired) electrons. The standard InChI is InChI=1S/C14H15B/c1-10-4-3-5-12-6-7-13(15)9-14(12)11(2)8-10/h3-4,6-9H,2,5,15H2,1H3/b4-3-,10-8-. The van der Waals surface area contributed by atoms with Gasteiger partial charge >= 0.3 is 0 Å². The van der Waals surface area contributed by atoms with Crippen LogP contribution in [0.5, 0.6) is 0 Å². The van der Waals surface area contributed by atoms with E-state index in [4.69, 9.17) is 0 Å². The third-order valence-corrected chi connectivity index (χ3v) is 2.73. The minimum atomic E-state index is 1.000. The lowest BCUT2D eigenvalue weighted by molar-refractivity contribution is 1.24. The molecule has 1 aromatic carbocycles. The molecule has 0 saturated heterocycles. The van der Waals surface area contributed by atoms with Crippen molar-refractivity contribution in [1.82, 2.24) is 0 Å². The van der Waals surface area contributed by atoms with E-state index >= 15 is 0 Å². The van der Waals surface area contributed by atoms with Gasteiger partial charge in [0, 0.05) is 0 Å². The molecule has 1 aromatic rings. The predicted octanol–water partition coefficient (Wildman–Crippen LogP) is 2.02. The molecule has 74 valence electrons. The van der Waals surface area contributed by atoms with E-state index in [0.717, 1.165) is 12.0 Å². The molecule has 0 unspecified atom stereocenters. The van der Waals surface area contributed by atoms with Crippen LogP contribution < -0.4 is 5.46 Å². The van der Waals surface area contributed by atoms with Crippen LogP contribution in [0, 0.1) is 0 Å². The molecule has 0 saturated carbocycles. The van der Waals surface area contributed by atoms with Crippen LogP contribution in [-0.2, 0) is 6.42 Å². The van der Waals surface area contributed by atoms with Crippen molar-refractivity contribution in [3.63, 3.8) is 0 Å². The summed E-state index contributed by atoms with van der Waals surface area (Å²) in [4.78, 5) is 0. The third kappa shape index (κ3) is 2.12. The second-order valence-electron chi connectivity index (χ2n) is 4.18. The van der Waals surface area contributed by atoms with Gasteiger partial charge in [0.15, 0.2) is 0 Å². The first-order valence-corrected chi connectivity index (χ1v) is 5.30. The van der Waals surface area contributed by atoms with E-state index in [0.29, 0.717) is 0 Å². The van der Waals surface area contributed by atoms with E-state index in [9.17, 15) is 0 Å². The van der Waals surface area contributed by atoms with Crippen LogP contribution in [0.1, 0.15) is 18.1 Å². The molecule has 1 aliphatic carbocycles. The van der Waals surface area contributed by atoms with Gasteiger partial charge < -0.3 is 0 Å². The van der Waals surface area contributed by atoms with Crippen LogP contribution in [0.2, 0.25) is 0 Å². The number of allylic oxidation sites excluding steroid dienone is 5. The number of rotatable bonds is 0. The van der Waals surface area contributed by atoms with Crippen LogP contribution in [0.3, 0.4) is 0 Å². The number of benzene rings is 1. The zero-order chi connectivity index (χ0) is 10.8. The van der Waals surface area contributed by atoms with Crippen LogP contribution in [0.15, 0.2) is 48.6 Å². The van der Waals surface area contributed by atoms with E-state index in [1.807, 2.05) is 0 Å². The first-order chi connectivity index (χ1) is 7.16. The molecule has 2 rings (SSSR count). The van der Waals surface area contributed by atoms with Gasteiger partial charge in [-0.2, -0.15) is 0 Å². The molecule has 0 bridgehead atoms. The van der Waals surface area contributed by atoms with E-state index in [-0.39, 0.29) is 0 Å². The van der Waals surface area contributed by atoms with Gasteiger partial charge in [0.05, 0.1) is 0 Å². The molecule has 0 fully saturated rings. The molecule has 0 heterocycles. The number of fused-ring (bicyclic) bond motifs is 1. The predicted molar refractivity (Wildman–Crippen MR) is 70.3 cm³/mol. The molecule has 15 heavy (non-hydrogen) atoms. The molecule has 0 amide bonds. The number of hydrogen-bond acceptors (Lipinski definition) is 0. The zero-order valence-corrected chi connectivity index (χ0v) is 9.38. The van der Waals surface area contributed by atoms with Crippen molar-refractivity contribution in [2.45, 2.75) is 13.3 Å². The van der Waals surface area contributed by atoms with Crippen molar-refractivity contribution in [3.05, 3.63) is 59.7 Å². The van der Waals surface area contributed by atoms with Gasteiger partial charge in [-0.15, -0.1) is 0 Å². The van der Waals surface area contributed by atoms with E-state index < -0.39 is 0 Å². The highest BCUT2D eigenvalue weighted by atomic mass is 14.1. The van der Waals surface area contributed by atoms with Crippen LogP contribution in [0.4, 0.5) is 0 Å². The molecular formula is C14H15B. The third-order valence-electron chi connectivity index (χ3n) is 2.73. The Kier molecular flexibility index (Phi) is 2.63.